The second kappa shape index (κ2) is 10.3. The highest BCUT2D eigenvalue weighted by molar-refractivity contribution is 5.73. The van der Waals surface area contributed by atoms with Crippen molar-refractivity contribution < 1.29 is 19.4 Å². The maximum absolute atomic E-state index is 11.0. The summed E-state index contributed by atoms with van der Waals surface area (Å²) in [6.45, 7) is 4.73. The number of pyridine rings is 2. The van der Waals surface area contributed by atoms with E-state index in [0.717, 1.165) is 30.2 Å². The van der Waals surface area contributed by atoms with Gasteiger partial charge in [0.15, 0.2) is 0 Å². The Labute approximate surface area is 197 Å². The Morgan fingerprint density at radius 3 is 2.74 bits per heavy atom. The van der Waals surface area contributed by atoms with Gasteiger partial charge in [0.05, 0.1) is 30.5 Å². The third kappa shape index (κ3) is 5.49. The Morgan fingerprint density at radius 1 is 1.26 bits per heavy atom. The minimum atomic E-state index is -1.06. The lowest BCUT2D eigenvalue weighted by Gasteiger charge is -2.28. The van der Waals surface area contributed by atoms with Gasteiger partial charge in [-0.3, -0.25) is 9.78 Å². The number of carbonyl (C=O) groups is 1. The number of hydrogen-bond acceptors (Lipinski definition) is 8. The highest BCUT2D eigenvalue weighted by atomic mass is 16.5. The van der Waals surface area contributed by atoms with Crippen molar-refractivity contribution in [2.24, 2.45) is 5.73 Å². The first-order valence-electron chi connectivity index (χ1n) is 10.9. The molecular formula is C25H25N5O4. The second-order valence-corrected chi connectivity index (χ2v) is 8.03. The van der Waals surface area contributed by atoms with Gasteiger partial charge in [-0.05, 0) is 43.2 Å². The summed E-state index contributed by atoms with van der Waals surface area (Å²) in [4.78, 5) is 22.3. The molecule has 1 atom stereocenters. The zero-order valence-electron chi connectivity index (χ0n) is 18.8. The second-order valence-electron chi connectivity index (χ2n) is 8.03. The molecule has 0 aliphatic carbocycles. The molecule has 174 valence electrons. The van der Waals surface area contributed by atoms with Gasteiger partial charge in [-0.1, -0.05) is 6.07 Å². The van der Waals surface area contributed by atoms with Crippen molar-refractivity contribution in [2.45, 2.75) is 19.4 Å². The van der Waals surface area contributed by atoms with E-state index in [1.807, 2.05) is 19.1 Å². The maximum atomic E-state index is 11.0. The lowest BCUT2D eigenvalue weighted by molar-refractivity contribution is -0.138. The third-order valence-electron chi connectivity index (χ3n) is 5.46. The van der Waals surface area contributed by atoms with E-state index < -0.39 is 12.0 Å². The molecule has 3 N–H and O–H groups in total. The van der Waals surface area contributed by atoms with Crippen LogP contribution in [0.2, 0.25) is 0 Å². The summed E-state index contributed by atoms with van der Waals surface area (Å²) in [7, 11) is 0. The number of carboxylic acid groups (broad SMARTS) is 1. The number of rotatable bonds is 7. The highest BCUT2D eigenvalue weighted by Gasteiger charge is 2.17. The molecule has 9 nitrogen and oxygen atoms in total. The molecule has 0 saturated carbocycles. The molecule has 0 radical (unpaired) electrons. The molecule has 2 aromatic heterocycles. The summed E-state index contributed by atoms with van der Waals surface area (Å²) in [6, 6.07) is 13.6. The van der Waals surface area contributed by atoms with Gasteiger partial charge in [0.25, 0.3) is 0 Å². The molecule has 1 unspecified atom stereocenters. The number of aryl methyl sites for hydroxylation is 1. The van der Waals surface area contributed by atoms with Crippen LogP contribution in [-0.4, -0.2) is 53.4 Å². The summed E-state index contributed by atoms with van der Waals surface area (Å²) >= 11 is 0. The Morgan fingerprint density at radius 2 is 2.06 bits per heavy atom. The molecule has 3 heterocycles. The number of hydrogen-bond donors (Lipinski definition) is 2. The van der Waals surface area contributed by atoms with Gasteiger partial charge in [-0.15, -0.1) is 0 Å². The van der Waals surface area contributed by atoms with Gasteiger partial charge < -0.3 is 25.2 Å². The predicted octanol–water partition coefficient (Wildman–Crippen LogP) is 2.91. The van der Waals surface area contributed by atoms with Crippen molar-refractivity contribution in [3.8, 4) is 28.8 Å². The van der Waals surface area contributed by atoms with Gasteiger partial charge in [0.1, 0.15) is 23.4 Å². The average Bonchev–Trinajstić information content (AvgIpc) is 2.84. The van der Waals surface area contributed by atoms with Crippen LogP contribution in [0.3, 0.4) is 0 Å². The fraction of sp³-hybridized carbons (Fsp3) is 0.280. The molecule has 34 heavy (non-hydrogen) atoms. The number of nitriles is 1. The number of aliphatic carboxylic acids is 1. The van der Waals surface area contributed by atoms with Gasteiger partial charge in [0, 0.05) is 42.7 Å². The fourth-order valence-corrected chi connectivity index (χ4v) is 3.69. The van der Waals surface area contributed by atoms with Gasteiger partial charge in [-0.25, -0.2) is 4.98 Å². The molecule has 3 aromatic rings. The molecule has 1 fully saturated rings. The van der Waals surface area contributed by atoms with Gasteiger partial charge in [-0.2, -0.15) is 5.26 Å². The van der Waals surface area contributed by atoms with E-state index in [0.29, 0.717) is 41.5 Å². The first-order valence-corrected chi connectivity index (χ1v) is 10.9. The van der Waals surface area contributed by atoms with Crippen LogP contribution in [0.5, 0.6) is 11.5 Å². The van der Waals surface area contributed by atoms with E-state index in [2.05, 4.69) is 20.9 Å². The summed E-state index contributed by atoms with van der Waals surface area (Å²) in [6.07, 6.45) is 1.78. The molecule has 1 saturated heterocycles. The number of anilines is 1. The molecule has 1 aliphatic heterocycles. The first kappa shape index (κ1) is 23.2. The number of aromatic nitrogens is 2. The number of morpholine rings is 1. The van der Waals surface area contributed by atoms with Crippen molar-refractivity contribution in [3.05, 3.63) is 65.5 Å². The number of benzene rings is 1. The van der Waals surface area contributed by atoms with Crippen molar-refractivity contribution in [1.82, 2.24) is 9.97 Å². The summed E-state index contributed by atoms with van der Waals surface area (Å²) in [5.41, 5.74) is 8.95. The predicted molar refractivity (Wildman–Crippen MR) is 126 cm³/mol. The lowest BCUT2D eigenvalue weighted by atomic mass is 10.0. The van der Waals surface area contributed by atoms with Crippen LogP contribution in [0.25, 0.3) is 11.3 Å². The van der Waals surface area contributed by atoms with Crippen LogP contribution < -0.4 is 15.4 Å². The zero-order chi connectivity index (χ0) is 24.1. The molecule has 9 heteroatoms. The van der Waals surface area contributed by atoms with E-state index in [-0.39, 0.29) is 6.42 Å². The fourth-order valence-electron chi connectivity index (χ4n) is 3.69. The van der Waals surface area contributed by atoms with E-state index in [1.54, 1.807) is 36.5 Å². The van der Waals surface area contributed by atoms with E-state index in [9.17, 15) is 10.1 Å². The molecule has 1 aliphatic rings. The van der Waals surface area contributed by atoms with Crippen LogP contribution in [0, 0.1) is 18.3 Å². The van der Waals surface area contributed by atoms with Crippen molar-refractivity contribution in [1.29, 1.82) is 5.26 Å². The van der Waals surface area contributed by atoms with Crippen molar-refractivity contribution >= 4 is 11.8 Å². The molecule has 0 bridgehead atoms. The molecule has 1 aromatic carbocycles. The van der Waals surface area contributed by atoms with E-state index >= 15 is 0 Å². The molecule has 4 rings (SSSR count). The Kier molecular flexibility index (Phi) is 7.01. The first-order chi connectivity index (χ1) is 16.4. The van der Waals surface area contributed by atoms with Crippen molar-refractivity contribution in [2.75, 3.05) is 31.2 Å². The summed E-state index contributed by atoms with van der Waals surface area (Å²) < 4.78 is 11.7. The quantitative estimate of drug-likeness (QED) is 0.547. The zero-order valence-corrected chi connectivity index (χ0v) is 18.8. The summed E-state index contributed by atoms with van der Waals surface area (Å²) in [5, 5.41) is 18.4. The SMILES string of the molecule is Cc1cc(Oc2cc(C#N)ccc2-c2ccc(CC(N)C(=O)O)cn2)cc(N2CCOCC2)n1. The number of nitrogens with two attached hydrogens (primary N) is 1. The molecule has 0 amide bonds. The highest BCUT2D eigenvalue weighted by Crippen LogP contribution is 2.34. The topological polar surface area (TPSA) is 135 Å². The van der Waals surface area contributed by atoms with Crippen LogP contribution >= 0.6 is 0 Å². The van der Waals surface area contributed by atoms with Crippen LogP contribution in [0.15, 0.2) is 48.7 Å². The lowest BCUT2D eigenvalue weighted by Crippen LogP contribution is -2.36. The normalized spacial score (nSPS) is 14.3. The van der Waals surface area contributed by atoms with Crippen LogP contribution in [-0.2, 0) is 16.0 Å². The monoisotopic (exact) mass is 459 g/mol. The van der Waals surface area contributed by atoms with Crippen molar-refractivity contribution in [3.63, 3.8) is 0 Å². The number of carboxylic acids is 1. The van der Waals surface area contributed by atoms with Crippen LogP contribution in [0.1, 0.15) is 16.8 Å². The summed E-state index contributed by atoms with van der Waals surface area (Å²) in [5.74, 6) is 0.846. The number of ether oxygens (including phenoxy) is 2. The standard InChI is InChI=1S/C25H25N5O4/c1-16-10-19(13-24(29-16)30-6-8-33-9-7-30)34-23-12-17(14-26)2-4-20(23)22-5-3-18(15-28-22)11-21(27)25(31)32/h2-5,10,12-13,15,21H,6-9,11,27H2,1H3,(H,31,32). The van der Waals surface area contributed by atoms with E-state index in [1.165, 1.54) is 0 Å². The Balaban J connectivity index is 1.64. The minimum Gasteiger partial charge on any atom is -0.480 e. The van der Waals surface area contributed by atoms with Gasteiger partial charge >= 0.3 is 5.97 Å². The number of nitrogens with zero attached hydrogens (tertiary/aromatic N) is 4. The average molecular weight is 460 g/mol. The smallest absolute Gasteiger partial charge is 0.320 e. The minimum absolute atomic E-state index is 0.181. The Hall–Kier alpha value is -4.00. The van der Waals surface area contributed by atoms with Gasteiger partial charge in [0.2, 0.25) is 0 Å². The third-order valence-corrected chi connectivity index (χ3v) is 5.46. The Bertz CT molecular complexity index is 1220. The van der Waals surface area contributed by atoms with E-state index in [4.69, 9.17) is 20.3 Å². The largest absolute Gasteiger partial charge is 0.480 e. The molecule has 0 spiro atoms. The van der Waals surface area contributed by atoms with Crippen LogP contribution in [0.4, 0.5) is 5.82 Å². The molecular weight excluding hydrogens is 434 g/mol. The maximum Gasteiger partial charge on any atom is 0.320 e.